The Morgan fingerprint density at radius 3 is 2.88 bits per heavy atom. The SMILES string of the molecule is NCC1(O)CCCN(c2cccc(Cl)c2)CC1. The van der Waals surface area contributed by atoms with Crippen LogP contribution >= 0.6 is 11.6 Å². The molecule has 0 saturated carbocycles. The zero-order valence-electron chi connectivity index (χ0n) is 9.90. The summed E-state index contributed by atoms with van der Waals surface area (Å²) in [6.45, 7) is 2.12. The van der Waals surface area contributed by atoms with E-state index in [2.05, 4.69) is 11.0 Å². The Morgan fingerprint density at radius 1 is 1.35 bits per heavy atom. The number of hydrogen-bond donors (Lipinski definition) is 2. The summed E-state index contributed by atoms with van der Waals surface area (Å²) in [4.78, 5) is 2.26. The number of hydrogen-bond acceptors (Lipinski definition) is 3. The second-order valence-electron chi connectivity index (χ2n) is 4.75. The Hall–Kier alpha value is -0.770. The van der Waals surface area contributed by atoms with Crippen molar-refractivity contribution in [1.82, 2.24) is 0 Å². The first-order valence-corrected chi connectivity index (χ1v) is 6.44. The molecule has 0 aliphatic carbocycles. The topological polar surface area (TPSA) is 49.5 Å². The molecule has 0 amide bonds. The maximum atomic E-state index is 10.2. The molecular formula is C13H19ClN2O. The number of rotatable bonds is 2. The first-order valence-electron chi connectivity index (χ1n) is 6.06. The Morgan fingerprint density at radius 2 is 2.18 bits per heavy atom. The Labute approximate surface area is 107 Å². The third kappa shape index (κ3) is 3.12. The predicted octanol–water partition coefficient (Wildman–Crippen LogP) is 2.02. The molecule has 94 valence electrons. The highest BCUT2D eigenvalue weighted by molar-refractivity contribution is 6.30. The van der Waals surface area contributed by atoms with Crippen molar-refractivity contribution >= 4 is 17.3 Å². The number of nitrogens with two attached hydrogens (primary N) is 1. The van der Waals surface area contributed by atoms with Gasteiger partial charge in [-0.25, -0.2) is 0 Å². The van der Waals surface area contributed by atoms with Crippen molar-refractivity contribution in [3.63, 3.8) is 0 Å². The number of nitrogens with zero attached hydrogens (tertiary/aromatic N) is 1. The molecular weight excluding hydrogens is 236 g/mol. The first-order chi connectivity index (χ1) is 8.13. The molecule has 1 atom stereocenters. The standard InChI is InChI=1S/C13H19ClN2O/c14-11-3-1-4-12(9-11)16-7-2-5-13(17,10-15)6-8-16/h1,3-4,9,17H,2,5-8,10,15H2. The van der Waals surface area contributed by atoms with Crippen molar-refractivity contribution in [2.45, 2.75) is 24.9 Å². The van der Waals surface area contributed by atoms with Gasteiger partial charge in [-0.05, 0) is 37.5 Å². The van der Waals surface area contributed by atoms with Crippen LogP contribution in [0.3, 0.4) is 0 Å². The molecule has 1 fully saturated rings. The van der Waals surface area contributed by atoms with Gasteiger partial charge in [-0.2, -0.15) is 0 Å². The second kappa shape index (κ2) is 5.25. The molecule has 3 N–H and O–H groups in total. The van der Waals surface area contributed by atoms with E-state index in [1.54, 1.807) is 0 Å². The highest BCUT2D eigenvalue weighted by atomic mass is 35.5. The van der Waals surface area contributed by atoms with Gasteiger partial charge in [0.25, 0.3) is 0 Å². The molecule has 1 aliphatic rings. The zero-order chi connectivity index (χ0) is 12.3. The summed E-state index contributed by atoms with van der Waals surface area (Å²) in [5.74, 6) is 0. The second-order valence-corrected chi connectivity index (χ2v) is 5.19. The molecule has 1 aliphatic heterocycles. The summed E-state index contributed by atoms with van der Waals surface area (Å²) in [5.41, 5.74) is 6.06. The number of halogens is 1. The van der Waals surface area contributed by atoms with E-state index in [4.69, 9.17) is 17.3 Å². The molecule has 0 radical (unpaired) electrons. The summed E-state index contributed by atoms with van der Waals surface area (Å²) in [6, 6.07) is 7.85. The lowest BCUT2D eigenvalue weighted by atomic mass is 9.95. The van der Waals surface area contributed by atoms with Crippen molar-refractivity contribution in [3.05, 3.63) is 29.3 Å². The van der Waals surface area contributed by atoms with Crippen LogP contribution in [-0.2, 0) is 0 Å². The van der Waals surface area contributed by atoms with E-state index in [0.29, 0.717) is 6.54 Å². The van der Waals surface area contributed by atoms with Crippen LogP contribution in [-0.4, -0.2) is 30.3 Å². The van der Waals surface area contributed by atoms with Gasteiger partial charge in [-0.1, -0.05) is 17.7 Å². The van der Waals surface area contributed by atoms with Gasteiger partial charge >= 0.3 is 0 Å². The fourth-order valence-corrected chi connectivity index (χ4v) is 2.50. The zero-order valence-corrected chi connectivity index (χ0v) is 10.7. The molecule has 1 unspecified atom stereocenters. The van der Waals surface area contributed by atoms with E-state index in [1.807, 2.05) is 18.2 Å². The molecule has 1 aromatic rings. The van der Waals surface area contributed by atoms with Gasteiger partial charge in [0, 0.05) is 30.3 Å². The van der Waals surface area contributed by atoms with Crippen molar-refractivity contribution in [2.75, 3.05) is 24.5 Å². The molecule has 4 heteroatoms. The van der Waals surface area contributed by atoms with Gasteiger partial charge in [0.1, 0.15) is 0 Å². The molecule has 1 heterocycles. The predicted molar refractivity (Wildman–Crippen MR) is 71.5 cm³/mol. The molecule has 0 aromatic heterocycles. The smallest absolute Gasteiger partial charge is 0.0786 e. The van der Waals surface area contributed by atoms with Crippen LogP contribution in [0.5, 0.6) is 0 Å². The Kier molecular flexibility index (Phi) is 3.92. The third-order valence-corrected chi connectivity index (χ3v) is 3.71. The minimum absolute atomic E-state index is 0.344. The maximum Gasteiger partial charge on any atom is 0.0786 e. The van der Waals surface area contributed by atoms with E-state index >= 15 is 0 Å². The van der Waals surface area contributed by atoms with E-state index in [9.17, 15) is 5.11 Å². The van der Waals surface area contributed by atoms with Crippen molar-refractivity contribution < 1.29 is 5.11 Å². The van der Waals surface area contributed by atoms with Crippen LogP contribution in [0.2, 0.25) is 5.02 Å². The molecule has 2 rings (SSSR count). The number of aliphatic hydroxyl groups is 1. The van der Waals surface area contributed by atoms with Crippen LogP contribution in [0.4, 0.5) is 5.69 Å². The molecule has 0 bridgehead atoms. The van der Waals surface area contributed by atoms with E-state index in [1.165, 1.54) is 0 Å². The quantitative estimate of drug-likeness (QED) is 0.849. The Balaban J connectivity index is 2.09. The summed E-state index contributed by atoms with van der Waals surface area (Å²) in [6.07, 6.45) is 2.46. The Bertz CT molecular complexity index is 385. The number of benzene rings is 1. The van der Waals surface area contributed by atoms with Gasteiger partial charge in [0.2, 0.25) is 0 Å². The van der Waals surface area contributed by atoms with Crippen molar-refractivity contribution in [3.8, 4) is 0 Å². The van der Waals surface area contributed by atoms with Crippen LogP contribution < -0.4 is 10.6 Å². The highest BCUT2D eigenvalue weighted by Gasteiger charge is 2.28. The van der Waals surface area contributed by atoms with E-state index in [0.717, 1.165) is 43.1 Å². The lowest BCUT2D eigenvalue weighted by Crippen LogP contribution is -2.38. The molecule has 17 heavy (non-hydrogen) atoms. The summed E-state index contributed by atoms with van der Waals surface area (Å²) >= 11 is 5.99. The van der Waals surface area contributed by atoms with Gasteiger partial charge in [0.15, 0.2) is 0 Å². The normalized spacial score (nSPS) is 25.7. The van der Waals surface area contributed by atoms with Gasteiger partial charge < -0.3 is 15.7 Å². The highest BCUT2D eigenvalue weighted by Crippen LogP contribution is 2.26. The van der Waals surface area contributed by atoms with Crippen LogP contribution in [0.25, 0.3) is 0 Å². The lowest BCUT2D eigenvalue weighted by Gasteiger charge is -2.26. The fraction of sp³-hybridized carbons (Fsp3) is 0.538. The monoisotopic (exact) mass is 254 g/mol. The summed E-state index contributed by atoms with van der Waals surface area (Å²) in [5, 5.41) is 11.0. The third-order valence-electron chi connectivity index (χ3n) is 3.47. The largest absolute Gasteiger partial charge is 0.389 e. The summed E-state index contributed by atoms with van der Waals surface area (Å²) in [7, 11) is 0. The number of anilines is 1. The van der Waals surface area contributed by atoms with Gasteiger partial charge in [0.05, 0.1) is 5.60 Å². The van der Waals surface area contributed by atoms with Crippen LogP contribution in [0, 0.1) is 0 Å². The van der Waals surface area contributed by atoms with Gasteiger partial charge in [-0.15, -0.1) is 0 Å². The summed E-state index contributed by atoms with van der Waals surface area (Å²) < 4.78 is 0. The molecule has 1 aromatic carbocycles. The first kappa shape index (κ1) is 12.7. The maximum absolute atomic E-state index is 10.2. The van der Waals surface area contributed by atoms with Crippen molar-refractivity contribution in [2.24, 2.45) is 5.73 Å². The fourth-order valence-electron chi connectivity index (χ4n) is 2.31. The average Bonchev–Trinajstić information content (AvgIpc) is 2.52. The average molecular weight is 255 g/mol. The van der Waals surface area contributed by atoms with E-state index < -0.39 is 5.60 Å². The van der Waals surface area contributed by atoms with Crippen molar-refractivity contribution in [1.29, 1.82) is 0 Å². The minimum atomic E-state index is -0.687. The lowest BCUT2D eigenvalue weighted by molar-refractivity contribution is 0.0375. The molecule has 1 saturated heterocycles. The minimum Gasteiger partial charge on any atom is -0.389 e. The molecule has 0 spiro atoms. The van der Waals surface area contributed by atoms with Crippen LogP contribution in [0.15, 0.2) is 24.3 Å². The van der Waals surface area contributed by atoms with Crippen LogP contribution in [0.1, 0.15) is 19.3 Å². The van der Waals surface area contributed by atoms with Gasteiger partial charge in [-0.3, -0.25) is 0 Å². The van der Waals surface area contributed by atoms with E-state index in [-0.39, 0.29) is 0 Å². The molecule has 3 nitrogen and oxygen atoms in total.